The highest BCUT2D eigenvalue weighted by atomic mass is 14.7. The third kappa shape index (κ3) is 2.04. The second kappa shape index (κ2) is 3.69. The SMILES string of the molecule is [C-]#[N+]c1cc(C#N)nc(C(C)C)c1. The van der Waals surface area contributed by atoms with Crippen molar-refractivity contribution in [2.75, 3.05) is 0 Å². The molecule has 1 heterocycles. The third-order valence-corrected chi connectivity index (χ3v) is 1.67. The average molecular weight is 171 g/mol. The maximum absolute atomic E-state index is 8.65. The van der Waals surface area contributed by atoms with Gasteiger partial charge in [-0.3, -0.25) is 0 Å². The van der Waals surface area contributed by atoms with Crippen molar-refractivity contribution in [3.8, 4) is 6.07 Å². The average Bonchev–Trinajstić information content (AvgIpc) is 2.16. The lowest BCUT2D eigenvalue weighted by Crippen LogP contribution is -1.94. The molecule has 0 aliphatic carbocycles. The normalized spacial score (nSPS) is 9.31. The van der Waals surface area contributed by atoms with E-state index < -0.39 is 0 Å². The van der Waals surface area contributed by atoms with E-state index in [4.69, 9.17) is 11.8 Å². The highest BCUT2D eigenvalue weighted by molar-refractivity contribution is 5.49. The lowest BCUT2D eigenvalue weighted by atomic mass is 10.1. The Morgan fingerprint density at radius 2 is 2.23 bits per heavy atom. The molecule has 1 aromatic heterocycles. The summed E-state index contributed by atoms with van der Waals surface area (Å²) in [5.41, 5.74) is 1.59. The van der Waals surface area contributed by atoms with Gasteiger partial charge in [-0.05, 0) is 18.1 Å². The Balaban J connectivity index is 3.27. The van der Waals surface area contributed by atoms with Gasteiger partial charge >= 0.3 is 0 Å². The molecular formula is C10H9N3. The molecule has 0 saturated heterocycles. The standard InChI is InChI=1S/C10H9N3/c1-7(2)10-5-8(12-3)4-9(6-11)13-10/h4-5,7H,1-2H3. The van der Waals surface area contributed by atoms with Crippen molar-refractivity contribution in [3.63, 3.8) is 0 Å². The zero-order valence-electron chi connectivity index (χ0n) is 7.57. The number of aromatic nitrogens is 1. The van der Waals surface area contributed by atoms with Crippen molar-refractivity contribution in [1.29, 1.82) is 5.26 Å². The molecule has 0 N–H and O–H groups in total. The Morgan fingerprint density at radius 3 is 2.69 bits per heavy atom. The van der Waals surface area contributed by atoms with Crippen LogP contribution in [0, 0.1) is 17.9 Å². The fraction of sp³-hybridized carbons (Fsp3) is 0.300. The van der Waals surface area contributed by atoms with Crippen molar-refractivity contribution in [1.82, 2.24) is 4.98 Å². The van der Waals surface area contributed by atoms with Crippen molar-refractivity contribution in [2.45, 2.75) is 19.8 Å². The second-order valence-corrected chi connectivity index (χ2v) is 3.01. The third-order valence-electron chi connectivity index (χ3n) is 1.67. The van der Waals surface area contributed by atoms with E-state index in [1.165, 1.54) is 6.07 Å². The molecule has 3 heteroatoms. The Labute approximate surface area is 77.5 Å². The van der Waals surface area contributed by atoms with Crippen LogP contribution in [0.1, 0.15) is 31.2 Å². The van der Waals surface area contributed by atoms with Crippen LogP contribution in [0.5, 0.6) is 0 Å². The molecule has 0 aliphatic rings. The Bertz CT molecular complexity index is 361. The molecule has 1 rings (SSSR count). The van der Waals surface area contributed by atoms with Gasteiger partial charge in [0.1, 0.15) is 11.8 Å². The molecule has 0 aromatic carbocycles. The van der Waals surface area contributed by atoms with Crippen LogP contribution in [0.4, 0.5) is 5.69 Å². The second-order valence-electron chi connectivity index (χ2n) is 3.01. The Kier molecular flexibility index (Phi) is 2.62. The first kappa shape index (κ1) is 9.22. The quantitative estimate of drug-likeness (QED) is 0.609. The highest BCUT2D eigenvalue weighted by Gasteiger charge is 2.04. The van der Waals surface area contributed by atoms with E-state index in [0.717, 1.165) is 5.69 Å². The van der Waals surface area contributed by atoms with Gasteiger partial charge in [0.15, 0.2) is 5.69 Å². The minimum Gasteiger partial charge on any atom is -0.245 e. The highest BCUT2D eigenvalue weighted by Crippen LogP contribution is 2.19. The van der Waals surface area contributed by atoms with Gasteiger partial charge < -0.3 is 0 Å². The van der Waals surface area contributed by atoms with Crippen LogP contribution in [0.2, 0.25) is 0 Å². The zero-order valence-corrected chi connectivity index (χ0v) is 7.57. The van der Waals surface area contributed by atoms with Gasteiger partial charge in [-0.15, -0.1) is 0 Å². The summed E-state index contributed by atoms with van der Waals surface area (Å²) in [4.78, 5) is 7.38. The van der Waals surface area contributed by atoms with Gasteiger partial charge in [0.25, 0.3) is 0 Å². The predicted octanol–water partition coefficient (Wildman–Crippen LogP) is 2.63. The smallest absolute Gasteiger partial charge is 0.191 e. The molecule has 0 atom stereocenters. The molecular weight excluding hydrogens is 162 g/mol. The monoisotopic (exact) mass is 171 g/mol. The fourth-order valence-electron chi connectivity index (χ4n) is 0.954. The molecule has 64 valence electrons. The topological polar surface area (TPSA) is 41.0 Å². The van der Waals surface area contributed by atoms with Gasteiger partial charge in [-0.25, -0.2) is 9.83 Å². The minimum atomic E-state index is 0.244. The number of nitriles is 1. The summed E-state index contributed by atoms with van der Waals surface area (Å²) in [5, 5.41) is 8.65. The van der Waals surface area contributed by atoms with Crippen LogP contribution >= 0.6 is 0 Å². The number of hydrogen-bond donors (Lipinski definition) is 0. The van der Waals surface area contributed by atoms with Gasteiger partial charge in [0.2, 0.25) is 0 Å². The molecule has 3 nitrogen and oxygen atoms in total. The Morgan fingerprint density at radius 1 is 1.54 bits per heavy atom. The number of hydrogen-bond acceptors (Lipinski definition) is 2. The fourth-order valence-corrected chi connectivity index (χ4v) is 0.954. The summed E-state index contributed by atoms with van der Waals surface area (Å²) in [6.07, 6.45) is 0. The molecule has 0 unspecified atom stereocenters. The lowest BCUT2D eigenvalue weighted by Gasteiger charge is -2.04. The van der Waals surface area contributed by atoms with Gasteiger partial charge in [-0.1, -0.05) is 13.8 Å². The van der Waals surface area contributed by atoms with Gasteiger partial charge in [0, 0.05) is 5.69 Å². The summed E-state index contributed by atoms with van der Waals surface area (Å²) < 4.78 is 0. The van der Waals surface area contributed by atoms with Crippen LogP contribution in [-0.2, 0) is 0 Å². The van der Waals surface area contributed by atoms with Crippen molar-refractivity contribution >= 4 is 5.69 Å². The zero-order chi connectivity index (χ0) is 9.84. The summed E-state index contributed by atoms with van der Waals surface area (Å²) in [7, 11) is 0. The van der Waals surface area contributed by atoms with E-state index in [9.17, 15) is 0 Å². The molecule has 0 fully saturated rings. The van der Waals surface area contributed by atoms with Crippen LogP contribution in [0.15, 0.2) is 12.1 Å². The molecule has 0 aliphatic heterocycles. The summed E-state index contributed by atoms with van der Waals surface area (Å²) in [5.74, 6) is 0.244. The van der Waals surface area contributed by atoms with E-state index >= 15 is 0 Å². The predicted molar refractivity (Wildman–Crippen MR) is 49.3 cm³/mol. The summed E-state index contributed by atoms with van der Waals surface area (Å²) in [6, 6.07) is 5.16. The molecule has 0 spiro atoms. The summed E-state index contributed by atoms with van der Waals surface area (Å²) >= 11 is 0. The molecule has 0 radical (unpaired) electrons. The molecule has 0 saturated carbocycles. The number of rotatable bonds is 1. The number of pyridine rings is 1. The van der Waals surface area contributed by atoms with Crippen LogP contribution in [0.25, 0.3) is 4.85 Å². The molecule has 1 aromatic rings. The number of nitrogens with zero attached hydrogens (tertiary/aromatic N) is 3. The van der Waals surface area contributed by atoms with E-state index in [-0.39, 0.29) is 5.92 Å². The van der Waals surface area contributed by atoms with Crippen LogP contribution in [0.3, 0.4) is 0 Å². The van der Waals surface area contributed by atoms with Crippen molar-refractivity contribution in [3.05, 3.63) is 34.9 Å². The minimum absolute atomic E-state index is 0.244. The Hall–Kier alpha value is -1.87. The molecule has 13 heavy (non-hydrogen) atoms. The van der Waals surface area contributed by atoms with Gasteiger partial charge in [0.05, 0.1) is 6.57 Å². The van der Waals surface area contributed by atoms with Crippen LogP contribution < -0.4 is 0 Å². The maximum atomic E-state index is 8.65. The van der Waals surface area contributed by atoms with E-state index in [1.807, 2.05) is 19.9 Å². The first-order valence-electron chi connectivity index (χ1n) is 3.97. The van der Waals surface area contributed by atoms with E-state index in [1.54, 1.807) is 6.07 Å². The molecule has 0 amide bonds. The van der Waals surface area contributed by atoms with E-state index in [0.29, 0.717) is 11.4 Å². The maximum Gasteiger partial charge on any atom is 0.191 e. The first-order valence-corrected chi connectivity index (χ1v) is 3.97. The van der Waals surface area contributed by atoms with Gasteiger partial charge in [-0.2, -0.15) is 5.26 Å². The summed E-state index contributed by atoms with van der Waals surface area (Å²) in [6.45, 7) is 10.8. The largest absolute Gasteiger partial charge is 0.245 e. The molecule has 0 bridgehead atoms. The first-order chi connectivity index (χ1) is 6.17. The van der Waals surface area contributed by atoms with Crippen molar-refractivity contribution in [2.24, 2.45) is 0 Å². The van der Waals surface area contributed by atoms with Crippen LogP contribution in [-0.4, -0.2) is 4.98 Å². The van der Waals surface area contributed by atoms with Crippen molar-refractivity contribution < 1.29 is 0 Å². The van der Waals surface area contributed by atoms with E-state index in [2.05, 4.69) is 9.83 Å². The lowest BCUT2D eigenvalue weighted by molar-refractivity contribution is 0.821.